The van der Waals surface area contributed by atoms with E-state index in [0.29, 0.717) is 19.5 Å². The Hall–Kier alpha value is -0.640. The Balaban J connectivity index is 3.53. The molecule has 0 aliphatic rings. The molecule has 0 bridgehead atoms. The number of hydrogen-bond donors (Lipinski definition) is 1. The van der Waals surface area contributed by atoms with Gasteiger partial charge in [-0.3, -0.25) is 9.18 Å². The van der Waals surface area contributed by atoms with Crippen molar-refractivity contribution in [3.8, 4) is 0 Å². The van der Waals surface area contributed by atoms with Crippen LogP contribution in [0.15, 0.2) is 0 Å². The Morgan fingerprint density at radius 2 is 2.25 bits per heavy atom. The predicted octanol–water partition coefficient (Wildman–Crippen LogP) is 0.999. The van der Waals surface area contributed by atoms with Gasteiger partial charge in [0.25, 0.3) is 0 Å². The van der Waals surface area contributed by atoms with E-state index in [1.54, 1.807) is 14.0 Å². The van der Waals surface area contributed by atoms with Gasteiger partial charge in [-0.05, 0) is 13.5 Å². The van der Waals surface area contributed by atoms with Gasteiger partial charge in [0.15, 0.2) is 0 Å². The van der Waals surface area contributed by atoms with Crippen molar-refractivity contribution >= 4 is 5.97 Å². The van der Waals surface area contributed by atoms with E-state index in [4.69, 9.17) is 5.11 Å². The van der Waals surface area contributed by atoms with Gasteiger partial charge in [0, 0.05) is 13.1 Å². The Morgan fingerprint density at radius 3 is 2.67 bits per heavy atom. The molecule has 3 nitrogen and oxygen atoms in total. The van der Waals surface area contributed by atoms with Crippen molar-refractivity contribution in [1.29, 1.82) is 0 Å². The van der Waals surface area contributed by atoms with Crippen LogP contribution in [0.25, 0.3) is 0 Å². The predicted molar refractivity (Wildman–Crippen MR) is 44.9 cm³/mol. The van der Waals surface area contributed by atoms with E-state index >= 15 is 0 Å². The van der Waals surface area contributed by atoms with Crippen LogP contribution in [-0.2, 0) is 4.79 Å². The van der Waals surface area contributed by atoms with Gasteiger partial charge in [-0.1, -0.05) is 6.92 Å². The molecule has 1 N–H and O–H groups in total. The highest BCUT2D eigenvalue weighted by Crippen LogP contribution is 1.98. The molecule has 0 aromatic heterocycles. The molecule has 72 valence electrons. The van der Waals surface area contributed by atoms with E-state index in [0.717, 1.165) is 0 Å². The van der Waals surface area contributed by atoms with Crippen molar-refractivity contribution in [2.75, 3.05) is 26.8 Å². The minimum atomic E-state index is -0.804. The highest BCUT2D eigenvalue weighted by molar-refractivity contribution is 5.69. The van der Waals surface area contributed by atoms with Crippen LogP contribution in [-0.4, -0.2) is 42.8 Å². The van der Waals surface area contributed by atoms with E-state index in [1.807, 2.05) is 4.90 Å². The highest BCUT2D eigenvalue weighted by atomic mass is 19.1. The summed E-state index contributed by atoms with van der Waals surface area (Å²) in [5.41, 5.74) is 0. The summed E-state index contributed by atoms with van der Waals surface area (Å²) >= 11 is 0. The lowest BCUT2D eigenvalue weighted by molar-refractivity contribution is -0.141. The normalized spacial score (nSPS) is 13.3. The molecule has 1 atom stereocenters. The van der Waals surface area contributed by atoms with Crippen LogP contribution < -0.4 is 0 Å². The Labute approximate surface area is 72.2 Å². The van der Waals surface area contributed by atoms with Crippen LogP contribution in [0.2, 0.25) is 0 Å². The summed E-state index contributed by atoms with van der Waals surface area (Å²) in [6, 6.07) is 0. The highest BCUT2D eigenvalue weighted by Gasteiger charge is 2.12. The van der Waals surface area contributed by atoms with Crippen LogP contribution >= 0.6 is 0 Å². The van der Waals surface area contributed by atoms with Gasteiger partial charge >= 0.3 is 5.97 Å². The molecule has 1 unspecified atom stereocenters. The van der Waals surface area contributed by atoms with Crippen molar-refractivity contribution in [3.05, 3.63) is 0 Å². The molecule has 0 radical (unpaired) electrons. The van der Waals surface area contributed by atoms with Crippen LogP contribution in [0.4, 0.5) is 4.39 Å². The third kappa shape index (κ3) is 5.07. The average molecular weight is 177 g/mol. The number of rotatable bonds is 6. The first-order valence-electron chi connectivity index (χ1n) is 4.05. The monoisotopic (exact) mass is 177 g/mol. The topological polar surface area (TPSA) is 40.5 Å². The van der Waals surface area contributed by atoms with Crippen LogP contribution in [0.5, 0.6) is 0 Å². The van der Waals surface area contributed by atoms with E-state index in [9.17, 15) is 9.18 Å². The summed E-state index contributed by atoms with van der Waals surface area (Å²) in [6.07, 6.45) is 0.475. The molecule has 0 aliphatic carbocycles. The van der Waals surface area contributed by atoms with Crippen molar-refractivity contribution in [2.45, 2.75) is 13.3 Å². The number of nitrogens with zero attached hydrogens (tertiary/aromatic N) is 1. The molecular formula is C8H16FNO2. The number of aliphatic carboxylic acids is 1. The number of halogens is 1. The van der Waals surface area contributed by atoms with E-state index in [-0.39, 0.29) is 12.6 Å². The SMILES string of the molecule is CC(CN(C)CCCF)C(=O)O. The fourth-order valence-corrected chi connectivity index (χ4v) is 0.967. The van der Waals surface area contributed by atoms with Crippen LogP contribution in [0.1, 0.15) is 13.3 Å². The van der Waals surface area contributed by atoms with Gasteiger partial charge in [0.2, 0.25) is 0 Å². The number of alkyl halides is 1. The Bertz CT molecular complexity index is 141. The maximum absolute atomic E-state index is 11.7. The zero-order chi connectivity index (χ0) is 9.56. The van der Waals surface area contributed by atoms with E-state index < -0.39 is 5.97 Å². The molecule has 12 heavy (non-hydrogen) atoms. The fraction of sp³-hybridized carbons (Fsp3) is 0.875. The maximum Gasteiger partial charge on any atom is 0.307 e. The molecule has 0 saturated heterocycles. The molecule has 0 aromatic carbocycles. The summed E-state index contributed by atoms with van der Waals surface area (Å²) in [6.45, 7) is 2.41. The molecule has 0 fully saturated rings. The van der Waals surface area contributed by atoms with Crippen molar-refractivity contribution in [2.24, 2.45) is 5.92 Å². The lowest BCUT2D eigenvalue weighted by atomic mass is 10.2. The molecule has 0 saturated carbocycles. The minimum absolute atomic E-state index is 0.341. The second-order valence-corrected chi connectivity index (χ2v) is 3.04. The van der Waals surface area contributed by atoms with Gasteiger partial charge in [-0.2, -0.15) is 0 Å². The average Bonchev–Trinajstić information content (AvgIpc) is 2.00. The van der Waals surface area contributed by atoms with Crippen molar-refractivity contribution < 1.29 is 14.3 Å². The van der Waals surface area contributed by atoms with Gasteiger partial charge < -0.3 is 10.0 Å². The summed E-state index contributed by atoms with van der Waals surface area (Å²) in [5.74, 6) is -1.18. The summed E-state index contributed by atoms with van der Waals surface area (Å²) in [4.78, 5) is 12.2. The first kappa shape index (κ1) is 11.4. The molecule has 0 spiro atoms. The standard InChI is InChI=1S/C8H16FNO2/c1-7(8(11)12)6-10(2)5-3-4-9/h7H,3-6H2,1-2H3,(H,11,12). The Morgan fingerprint density at radius 1 is 1.67 bits per heavy atom. The zero-order valence-electron chi connectivity index (χ0n) is 7.59. The molecule has 0 heterocycles. The quantitative estimate of drug-likeness (QED) is 0.658. The molecule has 0 aromatic rings. The smallest absolute Gasteiger partial charge is 0.307 e. The number of carbonyl (C=O) groups is 1. The van der Waals surface area contributed by atoms with Crippen molar-refractivity contribution in [3.63, 3.8) is 0 Å². The lowest BCUT2D eigenvalue weighted by Gasteiger charge is -2.17. The second-order valence-electron chi connectivity index (χ2n) is 3.04. The van der Waals surface area contributed by atoms with Gasteiger partial charge in [-0.15, -0.1) is 0 Å². The molecule has 0 rings (SSSR count). The Kier molecular flexibility index (Phi) is 5.62. The zero-order valence-corrected chi connectivity index (χ0v) is 7.59. The molecule has 4 heteroatoms. The summed E-state index contributed by atoms with van der Waals surface area (Å²) in [5, 5.41) is 8.56. The number of carboxylic acids is 1. The van der Waals surface area contributed by atoms with Crippen molar-refractivity contribution in [1.82, 2.24) is 4.90 Å². The van der Waals surface area contributed by atoms with Gasteiger partial charge in [0.05, 0.1) is 12.6 Å². The molecule has 0 amide bonds. The first-order valence-corrected chi connectivity index (χ1v) is 4.05. The summed E-state index contributed by atoms with van der Waals surface area (Å²) < 4.78 is 11.7. The van der Waals surface area contributed by atoms with Gasteiger partial charge in [0.1, 0.15) is 0 Å². The largest absolute Gasteiger partial charge is 0.481 e. The number of hydrogen-bond acceptors (Lipinski definition) is 2. The third-order valence-corrected chi connectivity index (χ3v) is 1.68. The second kappa shape index (κ2) is 5.94. The molecular weight excluding hydrogens is 161 g/mol. The fourth-order valence-electron chi connectivity index (χ4n) is 0.967. The summed E-state index contributed by atoms with van der Waals surface area (Å²) in [7, 11) is 1.80. The van der Waals surface area contributed by atoms with Crippen LogP contribution in [0, 0.1) is 5.92 Å². The van der Waals surface area contributed by atoms with E-state index in [2.05, 4.69) is 0 Å². The molecule has 0 aliphatic heterocycles. The van der Waals surface area contributed by atoms with Crippen LogP contribution in [0.3, 0.4) is 0 Å². The minimum Gasteiger partial charge on any atom is -0.481 e. The lowest BCUT2D eigenvalue weighted by Crippen LogP contribution is -2.29. The first-order chi connectivity index (χ1) is 5.57. The number of carboxylic acid groups (broad SMARTS) is 1. The van der Waals surface area contributed by atoms with Gasteiger partial charge in [-0.25, -0.2) is 0 Å². The maximum atomic E-state index is 11.7. The van der Waals surface area contributed by atoms with E-state index in [1.165, 1.54) is 0 Å². The third-order valence-electron chi connectivity index (χ3n) is 1.68.